The lowest BCUT2D eigenvalue weighted by atomic mass is 10.0. The second-order valence-electron chi connectivity index (χ2n) is 5.91. The van der Waals surface area contributed by atoms with Crippen molar-refractivity contribution in [3.63, 3.8) is 0 Å². The van der Waals surface area contributed by atoms with Gasteiger partial charge in [0.15, 0.2) is 0 Å². The average Bonchev–Trinajstić information content (AvgIpc) is 3.20. The molecule has 4 aromatic rings. The lowest BCUT2D eigenvalue weighted by Gasteiger charge is -2.14. The molecule has 0 aliphatic rings. The maximum atomic E-state index is 6.21. The van der Waals surface area contributed by atoms with Crippen LogP contribution in [-0.2, 0) is 6.54 Å². The van der Waals surface area contributed by atoms with E-state index < -0.39 is 0 Å². The Morgan fingerprint density at radius 1 is 0.741 bits per heavy atom. The molecule has 0 aliphatic heterocycles. The third kappa shape index (κ3) is 4.34. The Labute approximate surface area is 168 Å². The van der Waals surface area contributed by atoms with E-state index in [1.54, 1.807) is 5.01 Å². The number of anilines is 1. The van der Waals surface area contributed by atoms with Gasteiger partial charge in [0.25, 0.3) is 0 Å². The standard InChI is InChI=1S/C21H18N4S.ClH/c22-25(15-16-9-3-1-4-10-16)21-24-23-20(26-21)19-14-8-7-13-18(19)17-11-5-2-6-12-17;/h1-14H,15,22H2;1H. The molecule has 0 aliphatic carbocycles. The number of hydrogen-bond donors (Lipinski definition) is 1. The summed E-state index contributed by atoms with van der Waals surface area (Å²) < 4.78 is 0. The molecule has 0 spiro atoms. The molecule has 0 saturated heterocycles. The number of nitrogens with two attached hydrogens (primary N) is 1. The van der Waals surface area contributed by atoms with Crippen LogP contribution in [0.15, 0.2) is 84.9 Å². The predicted molar refractivity (Wildman–Crippen MR) is 115 cm³/mol. The molecule has 3 aromatic carbocycles. The summed E-state index contributed by atoms with van der Waals surface area (Å²) >= 11 is 1.50. The molecule has 0 unspecified atom stereocenters. The fourth-order valence-corrected chi connectivity index (χ4v) is 3.63. The normalized spacial score (nSPS) is 10.3. The highest BCUT2D eigenvalue weighted by molar-refractivity contribution is 7.18. The van der Waals surface area contributed by atoms with Crippen molar-refractivity contribution >= 4 is 28.9 Å². The van der Waals surface area contributed by atoms with Gasteiger partial charge in [-0.25, -0.2) is 5.84 Å². The number of hydrazine groups is 1. The Bertz CT molecular complexity index is 989. The molecule has 0 saturated carbocycles. The summed E-state index contributed by atoms with van der Waals surface area (Å²) in [5.74, 6) is 6.21. The van der Waals surface area contributed by atoms with E-state index in [2.05, 4.69) is 34.5 Å². The summed E-state index contributed by atoms with van der Waals surface area (Å²) in [6.45, 7) is 0.593. The summed E-state index contributed by atoms with van der Waals surface area (Å²) in [6.07, 6.45) is 0. The highest BCUT2D eigenvalue weighted by Crippen LogP contribution is 2.35. The fourth-order valence-electron chi connectivity index (χ4n) is 2.83. The van der Waals surface area contributed by atoms with Crippen molar-refractivity contribution in [2.45, 2.75) is 6.54 Å². The third-order valence-electron chi connectivity index (χ3n) is 4.10. The molecule has 2 N–H and O–H groups in total. The first-order chi connectivity index (χ1) is 12.8. The van der Waals surface area contributed by atoms with Crippen LogP contribution >= 0.6 is 23.7 Å². The lowest BCUT2D eigenvalue weighted by Crippen LogP contribution is -2.29. The maximum Gasteiger partial charge on any atom is 0.222 e. The number of hydrogen-bond acceptors (Lipinski definition) is 5. The van der Waals surface area contributed by atoms with E-state index in [-0.39, 0.29) is 12.4 Å². The first-order valence-corrected chi connectivity index (χ1v) is 9.17. The second kappa shape index (κ2) is 8.77. The Morgan fingerprint density at radius 3 is 2.04 bits per heavy atom. The molecular formula is C21H19ClN4S. The number of nitrogens with zero attached hydrogens (tertiary/aromatic N) is 3. The van der Waals surface area contributed by atoms with Crippen LogP contribution in [0.1, 0.15) is 5.56 Å². The van der Waals surface area contributed by atoms with Gasteiger partial charge in [-0.05, 0) is 16.7 Å². The Hall–Kier alpha value is -2.73. The van der Waals surface area contributed by atoms with Crippen LogP contribution in [0.4, 0.5) is 5.13 Å². The molecule has 0 fully saturated rings. The van der Waals surface area contributed by atoms with E-state index in [0.29, 0.717) is 11.7 Å². The Balaban J connectivity index is 0.00000210. The minimum absolute atomic E-state index is 0. The molecule has 136 valence electrons. The van der Waals surface area contributed by atoms with E-state index in [1.165, 1.54) is 11.3 Å². The first kappa shape index (κ1) is 19.0. The van der Waals surface area contributed by atoms with Crippen LogP contribution in [-0.4, -0.2) is 10.2 Å². The first-order valence-electron chi connectivity index (χ1n) is 8.36. The van der Waals surface area contributed by atoms with Gasteiger partial charge >= 0.3 is 0 Å². The smallest absolute Gasteiger partial charge is 0.222 e. The van der Waals surface area contributed by atoms with Crippen molar-refractivity contribution in [2.75, 3.05) is 5.01 Å². The van der Waals surface area contributed by atoms with Crippen LogP contribution in [0.3, 0.4) is 0 Å². The van der Waals surface area contributed by atoms with E-state index in [1.807, 2.05) is 60.7 Å². The average molecular weight is 395 g/mol. The largest absolute Gasteiger partial charge is 0.280 e. The van der Waals surface area contributed by atoms with Gasteiger partial charge in [-0.3, -0.25) is 5.01 Å². The van der Waals surface area contributed by atoms with Crippen molar-refractivity contribution in [3.8, 4) is 21.7 Å². The van der Waals surface area contributed by atoms with Gasteiger partial charge < -0.3 is 0 Å². The van der Waals surface area contributed by atoms with Crippen LogP contribution < -0.4 is 10.9 Å². The number of rotatable bonds is 5. The number of aromatic nitrogens is 2. The van der Waals surface area contributed by atoms with Gasteiger partial charge in [-0.15, -0.1) is 22.6 Å². The fraction of sp³-hybridized carbons (Fsp3) is 0.0476. The molecule has 0 radical (unpaired) electrons. The molecule has 0 atom stereocenters. The number of halogens is 1. The zero-order valence-corrected chi connectivity index (χ0v) is 16.2. The molecule has 1 aromatic heterocycles. The van der Waals surface area contributed by atoms with Crippen molar-refractivity contribution < 1.29 is 0 Å². The molecule has 6 heteroatoms. The predicted octanol–water partition coefficient (Wildman–Crippen LogP) is 5.17. The Kier molecular flexibility index (Phi) is 6.19. The van der Waals surface area contributed by atoms with Crippen molar-refractivity contribution in [1.82, 2.24) is 10.2 Å². The maximum absolute atomic E-state index is 6.21. The van der Waals surface area contributed by atoms with E-state index >= 15 is 0 Å². The minimum atomic E-state index is 0. The van der Waals surface area contributed by atoms with Gasteiger partial charge in [0.2, 0.25) is 5.13 Å². The van der Waals surface area contributed by atoms with Gasteiger partial charge in [0.1, 0.15) is 5.01 Å². The van der Waals surface area contributed by atoms with Crippen LogP contribution in [0.5, 0.6) is 0 Å². The SMILES string of the molecule is Cl.NN(Cc1ccccc1)c1nnc(-c2ccccc2-c2ccccc2)s1. The van der Waals surface area contributed by atoms with Crippen molar-refractivity contribution in [3.05, 3.63) is 90.5 Å². The van der Waals surface area contributed by atoms with Gasteiger partial charge in [-0.2, -0.15) is 0 Å². The quantitative estimate of drug-likeness (QED) is 0.374. The summed E-state index contributed by atoms with van der Waals surface area (Å²) in [5, 5.41) is 11.9. The summed E-state index contributed by atoms with van der Waals surface area (Å²) in [4.78, 5) is 0. The zero-order valence-electron chi connectivity index (χ0n) is 14.5. The van der Waals surface area contributed by atoms with Gasteiger partial charge in [-0.1, -0.05) is 96.3 Å². The molecular weight excluding hydrogens is 376 g/mol. The van der Waals surface area contributed by atoms with Gasteiger partial charge in [0.05, 0.1) is 6.54 Å². The lowest BCUT2D eigenvalue weighted by molar-refractivity contribution is 0.833. The second-order valence-corrected chi connectivity index (χ2v) is 6.87. The van der Waals surface area contributed by atoms with Crippen LogP contribution in [0.25, 0.3) is 21.7 Å². The topological polar surface area (TPSA) is 55.0 Å². The molecule has 27 heavy (non-hydrogen) atoms. The molecule has 0 bridgehead atoms. The molecule has 4 nitrogen and oxygen atoms in total. The monoisotopic (exact) mass is 394 g/mol. The zero-order chi connectivity index (χ0) is 17.8. The molecule has 1 heterocycles. The number of benzene rings is 3. The third-order valence-corrected chi connectivity index (χ3v) is 5.09. The summed E-state index contributed by atoms with van der Waals surface area (Å²) in [5.41, 5.74) is 4.50. The molecule has 0 amide bonds. The van der Waals surface area contributed by atoms with Gasteiger partial charge in [0, 0.05) is 5.56 Å². The van der Waals surface area contributed by atoms with E-state index in [4.69, 9.17) is 5.84 Å². The molecule has 4 rings (SSSR count). The van der Waals surface area contributed by atoms with Crippen LogP contribution in [0.2, 0.25) is 0 Å². The Morgan fingerprint density at radius 2 is 1.33 bits per heavy atom. The summed E-state index contributed by atoms with van der Waals surface area (Å²) in [6, 6.07) is 28.6. The van der Waals surface area contributed by atoms with E-state index in [0.717, 1.165) is 27.3 Å². The minimum Gasteiger partial charge on any atom is -0.280 e. The van der Waals surface area contributed by atoms with Crippen LogP contribution in [0, 0.1) is 0 Å². The van der Waals surface area contributed by atoms with Crippen molar-refractivity contribution in [2.24, 2.45) is 5.84 Å². The van der Waals surface area contributed by atoms with E-state index in [9.17, 15) is 0 Å². The summed E-state index contributed by atoms with van der Waals surface area (Å²) in [7, 11) is 0. The highest BCUT2D eigenvalue weighted by Gasteiger charge is 2.14. The highest BCUT2D eigenvalue weighted by atomic mass is 35.5. The van der Waals surface area contributed by atoms with Crippen molar-refractivity contribution in [1.29, 1.82) is 0 Å².